The number of nitrogens with one attached hydrogen (secondary N) is 1. The Morgan fingerprint density at radius 1 is 1.10 bits per heavy atom. The van der Waals surface area contributed by atoms with Gasteiger partial charge >= 0.3 is 0 Å². The Hall–Kier alpha value is -2.42. The van der Waals surface area contributed by atoms with Crippen LogP contribution in [0.2, 0.25) is 0 Å². The summed E-state index contributed by atoms with van der Waals surface area (Å²) < 4.78 is 0. The van der Waals surface area contributed by atoms with Gasteiger partial charge in [0, 0.05) is 6.42 Å². The molecule has 0 fully saturated rings. The first-order valence-electron chi connectivity index (χ1n) is 6.67. The average molecular weight is 266 g/mol. The summed E-state index contributed by atoms with van der Waals surface area (Å²) in [7, 11) is 0. The normalized spacial score (nSPS) is 10.7. The predicted octanol–water partition coefficient (Wildman–Crippen LogP) is 3.08. The van der Waals surface area contributed by atoms with E-state index in [1.165, 1.54) is 0 Å². The third-order valence-electron chi connectivity index (χ3n) is 3.06. The third-order valence-corrected chi connectivity index (χ3v) is 3.06. The second kappa shape index (κ2) is 7.24. The highest BCUT2D eigenvalue weighted by molar-refractivity contribution is 5.83. The number of hydrazone groups is 1. The Kier molecular flexibility index (Phi) is 5.07. The van der Waals surface area contributed by atoms with Gasteiger partial charge in [-0.1, -0.05) is 54.6 Å². The standard InChI is InChI=1S/C17H18N2O/c1-14-7-5-6-10-16(14)13-18-19-17(20)12-11-15-8-3-2-4-9-15/h2-10,13H,11-12H2,1H3,(H,19,20). The molecule has 0 saturated heterocycles. The highest BCUT2D eigenvalue weighted by Crippen LogP contribution is 2.04. The second-order valence-corrected chi connectivity index (χ2v) is 4.64. The van der Waals surface area contributed by atoms with Crippen LogP contribution in [0, 0.1) is 6.92 Å². The van der Waals surface area contributed by atoms with Crippen molar-refractivity contribution in [3.63, 3.8) is 0 Å². The molecule has 0 spiro atoms. The number of aryl methyl sites for hydroxylation is 2. The molecule has 0 atom stereocenters. The van der Waals surface area contributed by atoms with E-state index in [1.54, 1.807) is 6.21 Å². The molecule has 0 aliphatic rings. The maximum absolute atomic E-state index is 11.7. The van der Waals surface area contributed by atoms with Crippen molar-refractivity contribution in [2.75, 3.05) is 0 Å². The first kappa shape index (κ1) is 14.0. The molecule has 2 aromatic rings. The van der Waals surface area contributed by atoms with Gasteiger partial charge in [0.1, 0.15) is 0 Å². The highest BCUT2D eigenvalue weighted by Gasteiger charge is 2.00. The van der Waals surface area contributed by atoms with E-state index in [4.69, 9.17) is 0 Å². The van der Waals surface area contributed by atoms with E-state index < -0.39 is 0 Å². The zero-order chi connectivity index (χ0) is 14.2. The van der Waals surface area contributed by atoms with Crippen LogP contribution < -0.4 is 5.43 Å². The smallest absolute Gasteiger partial charge is 0.240 e. The molecule has 2 aromatic carbocycles. The van der Waals surface area contributed by atoms with Crippen LogP contribution in [-0.4, -0.2) is 12.1 Å². The van der Waals surface area contributed by atoms with Gasteiger partial charge in [-0.05, 0) is 30.0 Å². The van der Waals surface area contributed by atoms with Gasteiger partial charge in [0.25, 0.3) is 0 Å². The summed E-state index contributed by atoms with van der Waals surface area (Å²) in [4.78, 5) is 11.7. The maximum atomic E-state index is 11.7. The molecule has 102 valence electrons. The van der Waals surface area contributed by atoms with E-state index >= 15 is 0 Å². The van der Waals surface area contributed by atoms with Crippen molar-refractivity contribution in [2.24, 2.45) is 5.10 Å². The minimum Gasteiger partial charge on any atom is -0.273 e. The minimum atomic E-state index is -0.0707. The number of benzene rings is 2. The second-order valence-electron chi connectivity index (χ2n) is 4.64. The quantitative estimate of drug-likeness (QED) is 0.656. The molecule has 0 unspecified atom stereocenters. The Bertz CT molecular complexity index is 591. The van der Waals surface area contributed by atoms with Gasteiger partial charge in [0.05, 0.1) is 6.21 Å². The van der Waals surface area contributed by atoms with Crippen LogP contribution in [0.3, 0.4) is 0 Å². The average Bonchev–Trinajstić information content (AvgIpc) is 2.48. The van der Waals surface area contributed by atoms with Crippen LogP contribution in [0.25, 0.3) is 0 Å². The lowest BCUT2D eigenvalue weighted by atomic mass is 10.1. The van der Waals surface area contributed by atoms with Gasteiger partial charge in [-0.15, -0.1) is 0 Å². The summed E-state index contributed by atoms with van der Waals surface area (Å²) in [6.45, 7) is 2.01. The first-order chi connectivity index (χ1) is 9.75. The summed E-state index contributed by atoms with van der Waals surface area (Å²) in [5.41, 5.74) is 5.86. The van der Waals surface area contributed by atoms with Crippen molar-refractivity contribution in [2.45, 2.75) is 19.8 Å². The molecule has 0 aliphatic heterocycles. The number of carbonyl (C=O) groups is 1. The number of hydrogen-bond acceptors (Lipinski definition) is 2. The van der Waals surface area contributed by atoms with Gasteiger partial charge in [-0.25, -0.2) is 5.43 Å². The predicted molar refractivity (Wildman–Crippen MR) is 81.7 cm³/mol. The fourth-order valence-electron chi connectivity index (χ4n) is 1.86. The van der Waals surface area contributed by atoms with E-state index in [-0.39, 0.29) is 5.91 Å². The molecule has 0 saturated carbocycles. The van der Waals surface area contributed by atoms with Crippen molar-refractivity contribution in [3.8, 4) is 0 Å². The molecule has 3 nitrogen and oxygen atoms in total. The highest BCUT2D eigenvalue weighted by atomic mass is 16.2. The summed E-state index contributed by atoms with van der Waals surface area (Å²) >= 11 is 0. The summed E-state index contributed by atoms with van der Waals surface area (Å²) in [6, 6.07) is 17.9. The summed E-state index contributed by atoms with van der Waals surface area (Å²) in [5.74, 6) is -0.0707. The number of rotatable bonds is 5. The van der Waals surface area contributed by atoms with Crippen LogP contribution in [0.15, 0.2) is 59.7 Å². The molecule has 0 aromatic heterocycles. The van der Waals surface area contributed by atoms with E-state index in [1.807, 2.05) is 61.5 Å². The van der Waals surface area contributed by atoms with Gasteiger partial charge in [0.2, 0.25) is 5.91 Å². The van der Waals surface area contributed by atoms with E-state index in [0.29, 0.717) is 6.42 Å². The zero-order valence-corrected chi connectivity index (χ0v) is 11.5. The van der Waals surface area contributed by atoms with Crippen molar-refractivity contribution in [1.82, 2.24) is 5.43 Å². The van der Waals surface area contributed by atoms with Crippen molar-refractivity contribution in [3.05, 3.63) is 71.3 Å². The fraction of sp³-hybridized carbons (Fsp3) is 0.176. The van der Waals surface area contributed by atoms with E-state index in [0.717, 1.165) is 23.1 Å². The molecular weight excluding hydrogens is 248 g/mol. The van der Waals surface area contributed by atoms with Crippen LogP contribution in [0.4, 0.5) is 0 Å². The number of hydrogen-bond donors (Lipinski definition) is 1. The Labute approximate surface area is 119 Å². The lowest BCUT2D eigenvalue weighted by Gasteiger charge is -2.01. The molecule has 1 amide bonds. The van der Waals surface area contributed by atoms with Crippen LogP contribution in [-0.2, 0) is 11.2 Å². The van der Waals surface area contributed by atoms with E-state index in [9.17, 15) is 4.79 Å². The largest absolute Gasteiger partial charge is 0.273 e. The Morgan fingerprint density at radius 3 is 2.55 bits per heavy atom. The molecule has 0 bridgehead atoms. The van der Waals surface area contributed by atoms with Gasteiger partial charge < -0.3 is 0 Å². The molecule has 20 heavy (non-hydrogen) atoms. The SMILES string of the molecule is Cc1ccccc1C=NNC(=O)CCc1ccccc1. The molecule has 0 aliphatic carbocycles. The number of nitrogens with zero attached hydrogens (tertiary/aromatic N) is 1. The van der Waals surface area contributed by atoms with Gasteiger partial charge in [-0.2, -0.15) is 5.10 Å². The third kappa shape index (κ3) is 4.35. The topological polar surface area (TPSA) is 41.5 Å². The lowest BCUT2D eigenvalue weighted by molar-refractivity contribution is -0.121. The molecule has 1 N–H and O–H groups in total. The van der Waals surface area contributed by atoms with Crippen LogP contribution >= 0.6 is 0 Å². The number of amides is 1. The zero-order valence-electron chi connectivity index (χ0n) is 11.5. The minimum absolute atomic E-state index is 0.0707. The first-order valence-corrected chi connectivity index (χ1v) is 6.67. The van der Waals surface area contributed by atoms with Crippen LogP contribution in [0.5, 0.6) is 0 Å². The molecule has 2 rings (SSSR count). The monoisotopic (exact) mass is 266 g/mol. The van der Waals surface area contributed by atoms with Crippen molar-refractivity contribution in [1.29, 1.82) is 0 Å². The maximum Gasteiger partial charge on any atom is 0.240 e. The molecule has 0 radical (unpaired) electrons. The van der Waals surface area contributed by atoms with E-state index in [2.05, 4.69) is 10.5 Å². The Morgan fingerprint density at radius 2 is 1.80 bits per heavy atom. The van der Waals surface area contributed by atoms with Gasteiger partial charge in [-0.3, -0.25) is 4.79 Å². The van der Waals surface area contributed by atoms with Crippen LogP contribution in [0.1, 0.15) is 23.1 Å². The molecule has 0 heterocycles. The number of carbonyl (C=O) groups excluding carboxylic acids is 1. The summed E-state index contributed by atoms with van der Waals surface area (Å²) in [6.07, 6.45) is 2.84. The fourth-order valence-corrected chi connectivity index (χ4v) is 1.86. The lowest BCUT2D eigenvalue weighted by Crippen LogP contribution is -2.17. The van der Waals surface area contributed by atoms with Crippen molar-refractivity contribution >= 4 is 12.1 Å². The van der Waals surface area contributed by atoms with Crippen molar-refractivity contribution < 1.29 is 4.79 Å². The molecular formula is C17H18N2O. The summed E-state index contributed by atoms with van der Waals surface area (Å²) in [5, 5.41) is 3.99. The Balaban J connectivity index is 1.79. The van der Waals surface area contributed by atoms with Gasteiger partial charge in [0.15, 0.2) is 0 Å². The molecule has 3 heteroatoms.